The minimum absolute atomic E-state index is 0.629. The van der Waals surface area contributed by atoms with Crippen LogP contribution in [-0.2, 0) is 0 Å². The SMILES string of the molecule is c1ccc(-c2ccc3cccc(-c4nc(-c5ccc6cc(-c7cccc8ccccc78)ccc6c5)nc(-c5ccc(-c6ccc7ccccc7c6)c6ccccc56)n4)c3c2)cc1. The third-order valence-electron chi connectivity index (χ3n) is 12.3. The Labute approximate surface area is 359 Å². The number of rotatable bonds is 6. The zero-order chi connectivity index (χ0) is 41.0. The van der Waals surface area contributed by atoms with Crippen LogP contribution in [0, 0.1) is 0 Å². The molecule has 0 saturated heterocycles. The molecule has 0 atom stereocenters. The molecule has 1 aromatic heterocycles. The Morgan fingerprint density at radius 3 is 1.37 bits per heavy atom. The minimum Gasteiger partial charge on any atom is -0.208 e. The van der Waals surface area contributed by atoms with Crippen LogP contribution in [-0.4, -0.2) is 15.0 Å². The summed E-state index contributed by atoms with van der Waals surface area (Å²) >= 11 is 0. The molecule has 3 heteroatoms. The maximum Gasteiger partial charge on any atom is 0.164 e. The summed E-state index contributed by atoms with van der Waals surface area (Å²) in [6.07, 6.45) is 0. The molecule has 0 aliphatic rings. The van der Waals surface area contributed by atoms with Gasteiger partial charge in [0.15, 0.2) is 17.5 Å². The fourth-order valence-corrected chi connectivity index (χ4v) is 9.16. The van der Waals surface area contributed by atoms with Crippen molar-refractivity contribution < 1.29 is 0 Å². The van der Waals surface area contributed by atoms with E-state index in [0.717, 1.165) is 54.6 Å². The smallest absolute Gasteiger partial charge is 0.164 e. The molecule has 0 amide bonds. The summed E-state index contributed by atoms with van der Waals surface area (Å²) in [4.78, 5) is 16.0. The van der Waals surface area contributed by atoms with Gasteiger partial charge in [0.05, 0.1) is 0 Å². The predicted octanol–water partition coefficient (Wildman–Crippen LogP) is 15.6. The first-order chi connectivity index (χ1) is 30.7. The predicted molar refractivity (Wildman–Crippen MR) is 260 cm³/mol. The Hall–Kier alpha value is -8.27. The molecule has 62 heavy (non-hydrogen) atoms. The molecule has 0 radical (unpaired) electrons. The lowest BCUT2D eigenvalue weighted by molar-refractivity contribution is 1.08. The first-order valence-electron chi connectivity index (χ1n) is 21.1. The van der Waals surface area contributed by atoms with Gasteiger partial charge in [0.25, 0.3) is 0 Å². The molecule has 0 saturated carbocycles. The summed E-state index contributed by atoms with van der Waals surface area (Å²) in [6, 6.07) is 80.2. The highest BCUT2D eigenvalue weighted by Crippen LogP contribution is 2.39. The lowest BCUT2D eigenvalue weighted by atomic mass is 9.93. The molecule has 0 bridgehead atoms. The van der Waals surface area contributed by atoms with Gasteiger partial charge in [-0.05, 0) is 118 Å². The minimum atomic E-state index is 0.629. The molecule has 0 aliphatic heterocycles. The van der Waals surface area contributed by atoms with Gasteiger partial charge in [-0.3, -0.25) is 0 Å². The quantitative estimate of drug-likeness (QED) is 0.168. The molecule has 1 heterocycles. The fourth-order valence-electron chi connectivity index (χ4n) is 9.16. The van der Waals surface area contributed by atoms with E-state index >= 15 is 0 Å². The number of aromatic nitrogens is 3. The largest absolute Gasteiger partial charge is 0.208 e. The second-order valence-electron chi connectivity index (χ2n) is 16.0. The molecule has 12 rings (SSSR count). The van der Waals surface area contributed by atoms with Crippen LogP contribution in [0.1, 0.15) is 0 Å². The molecule has 0 unspecified atom stereocenters. The molecule has 0 spiro atoms. The number of fused-ring (bicyclic) bond motifs is 5. The molecule has 0 N–H and O–H groups in total. The summed E-state index contributed by atoms with van der Waals surface area (Å²) in [5.41, 5.74) is 9.93. The Morgan fingerprint density at radius 2 is 0.629 bits per heavy atom. The third-order valence-corrected chi connectivity index (χ3v) is 12.3. The van der Waals surface area contributed by atoms with Gasteiger partial charge in [-0.2, -0.15) is 0 Å². The summed E-state index contributed by atoms with van der Waals surface area (Å²) < 4.78 is 0. The highest BCUT2D eigenvalue weighted by Gasteiger charge is 2.18. The van der Waals surface area contributed by atoms with Crippen LogP contribution in [0.4, 0.5) is 0 Å². The van der Waals surface area contributed by atoms with Crippen LogP contribution in [0.15, 0.2) is 224 Å². The maximum absolute atomic E-state index is 5.36. The summed E-state index contributed by atoms with van der Waals surface area (Å²) in [5.74, 6) is 1.90. The lowest BCUT2D eigenvalue weighted by Crippen LogP contribution is -2.01. The highest BCUT2D eigenvalue weighted by molar-refractivity contribution is 6.06. The molecular weight excluding hydrogens is 751 g/mol. The van der Waals surface area contributed by atoms with Crippen molar-refractivity contribution in [2.75, 3.05) is 0 Å². The van der Waals surface area contributed by atoms with Crippen LogP contribution in [0.25, 0.3) is 121 Å². The van der Waals surface area contributed by atoms with E-state index in [-0.39, 0.29) is 0 Å². The van der Waals surface area contributed by atoms with E-state index in [0.29, 0.717) is 17.5 Å². The normalized spacial score (nSPS) is 11.5. The topological polar surface area (TPSA) is 38.7 Å². The second kappa shape index (κ2) is 14.8. The van der Waals surface area contributed by atoms with Crippen molar-refractivity contribution in [3.8, 4) is 67.5 Å². The van der Waals surface area contributed by atoms with Crippen LogP contribution >= 0.6 is 0 Å². The zero-order valence-corrected chi connectivity index (χ0v) is 33.7. The monoisotopic (exact) mass is 787 g/mol. The van der Waals surface area contributed by atoms with Gasteiger partial charge in [-0.25, -0.2) is 15.0 Å². The van der Waals surface area contributed by atoms with Gasteiger partial charge in [0.2, 0.25) is 0 Å². The average molecular weight is 788 g/mol. The molecule has 12 aromatic rings. The summed E-state index contributed by atoms with van der Waals surface area (Å²) in [7, 11) is 0. The number of nitrogens with zero attached hydrogens (tertiary/aromatic N) is 3. The first kappa shape index (κ1) is 35.7. The van der Waals surface area contributed by atoms with E-state index in [9.17, 15) is 0 Å². The number of hydrogen-bond donors (Lipinski definition) is 0. The van der Waals surface area contributed by atoms with Gasteiger partial charge in [0.1, 0.15) is 0 Å². The van der Waals surface area contributed by atoms with Gasteiger partial charge >= 0.3 is 0 Å². The van der Waals surface area contributed by atoms with Crippen molar-refractivity contribution in [1.82, 2.24) is 15.0 Å². The van der Waals surface area contributed by atoms with Crippen molar-refractivity contribution in [3.05, 3.63) is 224 Å². The first-order valence-corrected chi connectivity index (χ1v) is 21.1. The third kappa shape index (κ3) is 6.27. The zero-order valence-electron chi connectivity index (χ0n) is 33.7. The van der Waals surface area contributed by atoms with E-state index in [4.69, 9.17) is 15.0 Å². The van der Waals surface area contributed by atoms with Crippen LogP contribution < -0.4 is 0 Å². The number of benzene rings is 11. The van der Waals surface area contributed by atoms with Crippen LogP contribution in [0.3, 0.4) is 0 Å². The molecule has 11 aromatic carbocycles. The molecule has 288 valence electrons. The average Bonchev–Trinajstić information content (AvgIpc) is 3.35. The molecule has 3 nitrogen and oxygen atoms in total. The second-order valence-corrected chi connectivity index (χ2v) is 16.0. The van der Waals surface area contributed by atoms with E-state index in [2.05, 4.69) is 224 Å². The molecule has 0 aliphatic carbocycles. The molecular formula is C59H37N3. The Kier molecular flexibility index (Phi) is 8.50. The van der Waals surface area contributed by atoms with Crippen molar-refractivity contribution in [3.63, 3.8) is 0 Å². The summed E-state index contributed by atoms with van der Waals surface area (Å²) in [6.45, 7) is 0. The Balaban J connectivity index is 1.04. The highest BCUT2D eigenvalue weighted by atomic mass is 15.0. The maximum atomic E-state index is 5.36. The van der Waals surface area contributed by atoms with Gasteiger partial charge in [-0.1, -0.05) is 194 Å². The Bertz CT molecular complexity index is 3700. The van der Waals surface area contributed by atoms with Crippen molar-refractivity contribution in [2.45, 2.75) is 0 Å². The lowest BCUT2D eigenvalue weighted by Gasteiger charge is -2.14. The van der Waals surface area contributed by atoms with Crippen LogP contribution in [0.2, 0.25) is 0 Å². The van der Waals surface area contributed by atoms with Gasteiger partial charge < -0.3 is 0 Å². The van der Waals surface area contributed by atoms with Gasteiger partial charge in [0, 0.05) is 16.7 Å². The van der Waals surface area contributed by atoms with Crippen molar-refractivity contribution in [2.24, 2.45) is 0 Å². The fraction of sp³-hybridized carbons (Fsp3) is 0. The van der Waals surface area contributed by atoms with Crippen molar-refractivity contribution in [1.29, 1.82) is 0 Å². The summed E-state index contributed by atoms with van der Waals surface area (Å²) in [5, 5.41) is 11.7. The van der Waals surface area contributed by atoms with E-state index in [1.807, 2.05) is 0 Å². The van der Waals surface area contributed by atoms with E-state index in [1.54, 1.807) is 0 Å². The molecule has 0 fully saturated rings. The number of hydrogen-bond acceptors (Lipinski definition) is 3. The van der Waals surface area contributed by atoms with Crippen LogP contribution in [0.5, 0.6) is 0 Å². The Morgan fingerprint density at radius 1 is 0.194 bits per heavy atom. The van der Waals surface area contributed by atoms with E-state index < -0.39 is 0 Å². The van der Waals surface area contributed by atoms with Crippen molar-refractivity contribution >= 4 is 53.9 Å². The van der Waals surface area contributed by atoms with Gasteiger partial charge in [-0.15, -0.1) is 0 Å². The standard InChI is InChI=1S/C59H37N3/c1-2-12-38(13-3-1)45-26-25-41-18-11-23-54(56(41)37-45)58-60-57(48-31-28-43-35-46(30-27-44(43)36-48)50-22-10-17-40-15-6-7-19-49(40)50)61-59(62-58)55-33-32-51(52-20-8-9-21-53(52)55)47-29-24-39-14-4-5-16-42(39)34-47/h1-37H. The van der Waals surface area contributed by atoms with E-state index in [1.165, 1.54) is 49.4 Å².